The Morgan fingerprint density at radius 1 is 0.828 bits per heavy atom. The highest BCUT2D eigenvalue weighted by Gasteiger charge is 2.15. The van der Waals surface area contributed by atoms with Gasteiger partial charge in [-0.05, 0) is 42.6 Å². The molecule has 0 spiro atoms. The summed E-state index contributed by atoms with van der Waals surface area (Å²) in [6.07, 6.45) is 9.95. The Bertz CT molecular complexity index is 685. The molecule has 1 N–H and O–H groups in total. The van der Waals surface area contributed by atoms with Gasteiger partial charge in [0, 0.05) is 12.1 Å². The van der Waals surface area contributed by atoms with Crippen molar-refractivity contribution in [2.45, 2.75) is 71.8 Å². The zero-order valence-corrected chi connectivity index (χ0v) is 18.6. The van der Waals surface area contributed by atoms with Gasteiger partial charge in [0.05, 0.1) is 13.7 Å². The van der Waals surface area contributed by atoms with Crippen molar-refractivity contribution in [1.29, 1.82) is 0 Å². The standard InChI is InChI=1S/C26H39NO2/c1-4-6-8-9-10-14-18-29-26-24(23-15-12-11-13-16-23)19-22(20-25(26)28-3)21-27-17-7-5-2/h11-13,15-16,19-20,27H,4-10,14,17-18,21H2,1-3H3. The van der Waals surface area contributed by atoms with E-state index in [0.29, 0.717) is 0 Å². The van der Waals surface area contributed by atoms with Crippen LogP contribution in [0, 0.1) is 0 Å². The van der Waals surface area contributed by atoms with Gasteiger partial charge in [0.25, 0.3) is 0 Å². The minimum absolute atomic E-state index is 0.733. The molecule has 29 heavy (non-hydrogen) atoms. The van der Waals surface area contributed by atoms with Gasteiger partial charge in [-0.2, -0.15) is 0 Å². The number of rotatable bonds is 15. The van der Waals surface area contributed by atoms with Crippen LogP contribution in [-0.4, -0.2) is 20.3 Å². The molecule has 2 aromatic carbocycles. The largest absolute Gasteiger partial charge is 0.493 e. The first-order chi connectivity index (χ1) is 14.3. The SMILES string of the molecule is CCCCCCCCOc1c(OC)cc(CNCCCC)cc1-c1ccccc1. The summed E-state index contributed by atoms with van der Waals surface area (Å²) < 4.78 is 12.0. The van der Waals surface area contributed by atoms with Crippen molar-refractivity contribution >= 4 is 0 Å². The van der Waals surface area contributed by atoms with Crippen LogP contribution in [0.3, 0.4) is 0 Å². The highest BCUT2D eigenvalue weighted by Crippen LogP contribution is 2.39. The van der Waals surface area contributed by atoms with E-state index in [1.807, 2.05) is 6.07 Å². The summed E-state index contributed by atoms with van der Waals surface area (Å²) in [6, 6.07) is 14.8. The average Bonchev–Trinajstić information content (AvgIpc) is 2.76. The van der Waals surface area contributed by atoms with Crippen LogP contribution in [0.15, 0.2) is 42.5 Å². The second-order valence-electron chi connectivity index (χ2n) is 7.69. The van der Waals surface area contributed by atoms with Crippen molar-refractivity contribution in [3.8, 4) is 22.6 Å². The van der Waals surface area contributed by atoms with Gasteiger partial charge in [-0.25, -0.2) is 0 Å². The van der Waals surface area contributed by atoms with E-state index >= 15 is 0 Å². The van der Waals surface area contributed by atoms with Gasteiger partial charge in [0.2, 0.25) is 0 Å². The Hall–Kier alpha value is -2.00. The van der Waals surface area contributed by atoms with Crippen molar-refractivity contribution < 1.29 is 9.47 Å². The zero-order valence-electron chi connectivity index (χ0n) is 18.6. The summed E-state index contributed by atoms with van der Waals surface area (Å²) >= 11 is 0. The van der Waals surface area contributed by atoms with Crippen molar-refractivity contribution in [3.05, 3.63) is 48.0 Å². The monoisotopic (exact) mass is 397 g/mol. The number of unbranched alkanes of at least 4 members (excludes halogenated alkanes) is 6. The lowest BCUT2D eigenvalue weighted by Gasteiger charge is -2.18. The predicted molar refractivity (Wildman–Crippen MR) is 124 cm³/mol. The van der Waals surface area contributed by atoms with Crippen molar-refractivity contribution in [2.24, 2.45) is 0 Å². The summed E-state index contributed by atoms with van der Waals surface area (Å²) in [5.41, 5.74) is 3.51. The molecule has 0 saturated heterocycles. The Morgan fingerprint density at radius 2 is 1.55 bits per heavy atom. The van der Waals surface area contributed by atoms with Crippen LogP contribution < -0.4 is 14.8 Å². The minimum atomic E-state index is 0.733. The molecular formula is C26H39NO2. The Labute approximate surface area is 177 Å². The van der Waals surface area contributed by atoms with Gasteiger partial charge < -0.3 is 14.8 Å². The molecule has 0 unspecified atom stereocenters. The smallest absolute Gasteiger partial charge is 0.168 e. The molecule has 0 atom stereocenters. The van der Waals surface area contributed by atoms with Crippen LogP contribution in [-0.2, 0) is 6.54 Å². The zero-order chi connectivity index (χ0) is 20.7. The first-order valence-corrected chi connectivity index (χ1v) is 11.4. The molecule has 160 valence electrons. The molecule has 0 radical (unpaired) electrons. The van der Waals surface area contributed by atoms with E-state index in [9.17, 15) is 0 Å². The highest BCUT2D eigenvalue weighted by molar-refractivity contribution is 5.74. The molecule has 0 amide bonds. The summed E-state index contributed by atoms with van der Waals surface area (Å²) in [7, 11) is 1.73. The minimum Gasteiger partial charge on any atom is -0.493 e. The Kier molecular flexibility index (Phi) is 11.3. The number of hydrogen-bond acceptors (Lipinski definition) is 3. The summed E-state index contributed by atoms with van der Waals surface area (Å²) in [6.45, 7) is 7.08. The second kappa shape index (κ2) is 14.1. The van der Waals surface area contributed by atoms with Crippen molar-refractivity contribution in [3.63, 3.8) is 0 Å². The molecule has 3 nitrogen and oxygen atoms in total. The fraction of sp³-hybridized carbons (Fsp3) is 0.538. The van der Waals surface area contributed by atoms with Crippen LogP contribution in [0.4, 0.5) is 0 Å². The first-order valence-electron chi connectivity index (χ1n) is 11.4. The van der Waals surface area contributed by atoms with Gasteiger partial charge in [-0.1, -0.05) is 82.7 Å². The van der Waals surface area contributed by atoms with Gasteiger partial charge in [0.1, 0.15) is 0 Å². The number of benzene rings is 2. The number of nitrogens with one attached hydrogen (secondary N) is 1. The van der Waals surface area contributed by atoms with Crippen molar-refractivity contribution in [2.75, 3.05) is 20.3 Å². The molecule has 0 aliphatic heterocycles. The predicted octanol–water partition coefficient (Wildman–Crippen LogP) is 6.99. The fourth-order valence-electron chi connectivity index (χ4n) is 3.49. The molecule has 0 heterocycles. The third-order valence-corrected chi connectivity index (χ3v) is 5.20. The molecule has 0 aliphatic carbocycles. The van der Waals surface area contributed by atoms with Crippen molar-refractivity contribution in [1.82, 2.24) is 5.32 Å². The van der Waals surface area contributed by atoms with E-state index in [0.717, 1.165) is 43.2 Å². The molecule has 0 aliphatic rings. The van der Waals surface area contributed by atoms with Gasteiger partial charge in [-0.3, -0.25) is 0 Å². The van der Waals surface area contributed by atoms with E-state index in [-0.39, 0.29) is 0 Å². The topological polar surface area (TPSA) is 30.5 Å². The lowest BCUT2D eigenvalue weighted by atomic mass is 10.0. The maximum Gasteiger partial charge on any atom is 0.168 e. The summed E-state index contributed by atoms with van der Waals surface area (Å²) in [5, 5.41) is 3.53. The lowest BCUT2D eigenvalue weighted by Crippen LogP contribution is -2.14. The normalized spacial score (nSPS) is 10.9. The molecule has 3 heteroatoms. The average molecular weight is 398 g/mol. The molecule has 0 aromatic heterocycles. The molecule has 2 aromatic rings. The summed E-state index contributed by atoms with van der Waals surface area (Å²) in [4.78, 5) is 0. The Morgan fingerprint density at radius 3 is 2.28 bits per heavy atom. The van der Waals surface area contributed by atoms with Crippen LogP contribution >= 0.6 is 0 Å². The van der Waals surface area contributed by atoms with E-state index in [1.54, 1.807) is 7.11 Å². The van der Waals surface area contributed by atoms with Crippen LogP contribution in [0.1, 0.15) is 70.8 Å². The number of hydrogen-bond donors (Lipinski definition) is 1. The van der Waals surface area contributed by atoms with Gasteiger partial charge in [0.15, 0.2) is 11.5 Å². The van der Waals surface area contributed by atoms with E-state index in [4.69, 9.17) is 9.47 Å². The molecule has 0 fully saturated rings. The molecular weight excluding hydrogens is 358 g/mol. The van der Waals surface area contributed by atoms with Crippen LogP contribution in [0.25, 0.3) is 11.1 Å². The fourth-order valence-corrected chi connectivity index (χ4v) is 3.49. The maximum atomic E-state index is 6.27. The van der Waals surface area contributed by atoms with Crippen LogP contribution in [0.2, 0.25) is 0 Å². The second-order valence-corrected chi connectivity index (χ2v) is 7.69. The molecule has 0 saturated carbocycles. The van der Waals surface area contributed by atoms with Gasteiger partial charge in [-0.15, -0.1) is 0 Å². The summed E-state index contributed by atoms with van der Waals surface area (Å²) in [5.74, 6) is 1.69. The molecule has 0 bridgehead atoms. The van der Waals surface area contributed by atoms with E-state index in [1.165, 1.54) is 56.1 Å². The van der Waals surface area contributed by atoms with Gasteiger partial charge >= 0.3 is 0 Å². The Balaban J connectivity index is 2.12. The number of ether oxygens (including phenoxy) is 2. The third-order valence-electron chi connectivity index (χ3n) is 5.20. The number of methoxy groups -OCH3 is 1. The lowest BCUT2D eigenvalue weighted by molar-refractivity contribution is 0.285. The molecule has 2 rings (SSSR count). The quantitative estimate of drug-likeness (QED) is 0.328. The van der Waals surface area contributed by atoms with Crippen LogP contribution in [0.5, 0.6) is 11.5 Å². The first kappa shape index (κ1) is 23.3. The van der Waals surface area contributed by atoms with E-state index < -0.39 is 0 Å². The van der Waals surface area contributed by atoms with E-state index in [2.05, 4.69) is 55.6 Å². The maximum absolute atomic E-state index is 6.27. The highest BCUT2D eigenvalue weighted by atomic mass is 16.5. The third kappa shape index (κ3) is 8.10.